The fourth-order valence-corrected chi connectivity index (χ4v) is 4.96. The van der Waals surface area contributed by atoms with Gasteiger partial charge in [0.2, 0.25) is 5.16 Å². The summed E-state index contributed by atoms with van der Waals surface area (Å²) in [6.45, 7) is 2.07. The first kappa shape index (κ1) is 15.5. The van der Waals surface area contributed by atoms with Gasteiger partial charge >= 0.3 is 0 Å². The summed E-state index contributed by atoms with van der Waals surface area (Å²) in [6, 6.07) is 20.8. The molecule has 0 N–H and O–H groups in total. The van der Waals surface area contributed by atoms with E-state index in [9.17, 15) is 0 Å². The fraction of sp³-hybridized carbons (Fsp3) is 0.167. The third kappa shape index (κ3) is 2.99. The molecule has 2 heterocycles. The molecule has 0 saturated heterocycles. The van der Waals surface area contributed by atoms with Crippen LogP contribution in [0.4, 0.5) is 0 Å². The highest BCUT2D eigenvalue weighted by Gasteiger charge is 2.29. The third-order valence-corrected chi connectivity index (χ3v) is 6.15. The van der Waals surface area contributed by atoms with Crippen LogP contribution in [0.5, 0.6) is 0 Å². The highest BCUT2D eigenvalue weighted by atomic mass is 32.2. The molecule has 1 aliphatic heterocycles. The van der Waals surface area contributed by atoms with Crippen LogP contribution in [0.3, 0.4) is 0 Å². The summed E-state index contributed by atoms with van der Waals surface area (Å²) >= 11 is 3.51. The van der Waals surface area contributed by atoms with Crippen LogP contribution >= 0.6 is 23.5 Å². The quantitative estimate of drug-likeness (QED) is 0.701. The lowest BCUT2D eigenvalue weighted by molar-refractivity contribution is 0.712. The van der Waals surface area contributed by atoms with Crippen LogP contribution in [0.1, 0.15) is 18.3 Å². The predicted octanol–water partition coefficient (Wildman–Crippen LogP) is 4.32. The van der Waals surface area contributed by atoms with Gasteiger partial charge in [-0.3, -0.25) is 0 Å². The van der Waals surface area contributed by atoms with Crippen molar-refractivity contribution in [1.82, 2.24) is 14.9 Å². The van der Waals surface area contributed by atoms with Crippen molar-refractivity contribution in [3.05, 3.63) is 72.1 Å². The van der Waals surface area contributed by atoms with Gasteiger partial charge in [0.1, 0.15) is 4.58 Å². The minimum atomic E-state index is 0.149. The molecule has 1 atom stereocenters. The molecule has 0 fully saturated rings. The highest BCUT2D eigenvalue weighted by Crippen LogP contribution is 2.40. The summed E-state index contributed by atoms with van der Waals surface area (Å²) in [5, 5.41) is 14.3. The van der Waals surface area contributed by atoms with E-state index < -0.39 is 0 Å². The van der Waals surface area contributed by atoms with Gasteiger partial charge in [-0.25, -0.2) is 0 Å². The van der Waals surface area contributed by atoms with Crippen molar-refractivity contribution in [2.24, 2.45) is 5.10 Å². The lowest BCUT2D eigenvalue weighted by Gasteiger charge is -2.22. The molecule has 1 aromatic heterocycles. The van der Waals surface area contributed by atoms with Gasteiger partial charge in [-0.15, -0.1) is 22.0 Å². The smallest absolute Gasteiger partial charge is 0.191 e. The Labute approximate surface area is 149 Å². The van der Waals surface area contributed by atoms with E-state index in [0.717, 1.165) is 28.7 Å². The Hall–Kier alpha value is -2.05. The number of rotatable bonds is 4. The summed E-state index contributed by atoms with van der Waals surface area (Å²) in [7, 11) is 0. The largest absolute Gasteiger partial charge is 0.213 e. The maximum Gasteiger partial charge on any atom is 0.213 e. The molecule has 0 saturated carbocycles. The molecule has 24 heavy (non-hydrogen) atoms. The zero-order valence-electron chi connectivity index (χ0n) is 13.2. The molecule has 4 rings (SSSR count). The molecule has 0 spiro atoms. The molecule has 0 bridgehead atoms. The Bertz CT molecular complexity index is 859. The second-order valence-electron chi connectivity index (χ2n) is 5.30. The van der Waals surface area contributed by atoms with E-state index in [1.165, 1.54) is 4.90 Å². The number of benzene rings is 2. The fourth-order valence-electron chi connectivity index (χ4n) is 2.50. The summed E-state index contributed by atoms with van der Waals surface area (Å²) in [4.78, 5) is 1.22. The van der Waals surface area contributed by atoms with Crippen LogP contribution in [-0.4, -0.2) is 25.2 Å². The topological polar surface area (TPSA) is 43.1 Å². The molecule has 120 valence electrons. The zero-order valence-corrected chi connectivity index (χ0v) is 14.8. The zero-order chi connectivity index (χ0) is 16.4. The minimum Gasteiger partial charge on any atom is -0.191 e. The first-order chi connectivity index (χ1) is 11.8. The van der Waals surface area contributed by atoms with E-state index in [0.29, 0.717) is 0 Å². The van der Waals surface area contributed by atoms with Crippen molar-refractivity contribution in [1.29, 1.82) is 0 Å². The van der Waals surface area contributed by atoms with Gasteiger partial charge in [0, 0.05) is 11.3 Å². The molecule has 0 aliphatic carbocycles. The standard InChI is InChI=1S/C18H16N4S2/c1-2-15-19-20-18-22(15)21-16(13-9-5-3-6-10-13)17(24-18)23-14-11-7-4-8-12-14/h3-12,17H,2H2,1H3. The van der Waals surface area contributed by atoms with Crippen LogP contribution in [0.25, 0.3) is 0 Å². The summed E-state index contributed by atoms with van der Waals surface area (Å²) < 4.78 is 2.03. The van der Waals surface area contributed by atoms with Crippen LogP contribution in [0.2, 0.25) is 0 Å². The van der Waals surface area contributed by atoms with Crippen molar-refractivity contribution in [2.75, 3.05) is 0 Å². The first-order valence-electron chi connectivity index (χ1n) is 7.82. The van der Waals surface area contributed by atoms with Crippen molar-refractivity contribution >= 4 is 29.2 Å². The summed E-state index contributed by atoms with van der Waals surface area (Å²) in [6.07, 6.45) is 0.815. The van der Waals surface area contributed by atoms with Crippen LogP contribution in [0.15, 0.2) is 75.8 Å². The van der Waals surface area contributed by atoms with E-state index in [2.05, 4.69) is 65.7 Å². The first-order valence-corrected chi connectivity index (χ1v) is 9.58. The maximum atomic E-state index is 4.89. The van der Waals surface area contributed by atoms with Crippen molar-refractivity contribution in [2.45, 2.75) is 28.0 Å². The number of aryl methyl sites for hydroxylation is 1. The number of hydrogen-bond donors (Lipinski definition) is 0. The van der Waals surface area contributed by atoms with Crippen molar-refractivity contribution in [3.63, 3.8) is 0 Å². The lowest BCUT2D eigenvalue weighted by Crippen LogP contribution is -2.22. The maximum absolute atomic E-state index is 4.89. The lowest BCUT2D eigenvalue weighted by atomic mass is 10.1. The Morgan fingerprint density at radius 3 is 2.42 bits per heavy atom. The van der Waals surface area contributed by atoms with Gasteiger partial charge < -0.3 is 0 Å². The van der Waals surface area contributed by atoms with Gasteiger partial charge in [0.15, 0.2) is 5.82 Å². The summed E-state index contributed by atoms with van der Waals surface area (Å²) in [5.41, 5.74) is 2.19. The molecular weight excluding hydrogens is 336 g/mol. The van der Waals surface area contributed by atoms with Crippen LogP contribution in [-0.2, 0) is 6.42 Å². The third-order valence-electron chi connectivity index (χ3n) is 3.69. The number of hydrogen-bond acceptors (Lipinski definition) is 5. The number of nitrogens with zero attached hydrogens (tertiary/aromatic N) is 4. The van der Waals surface area contributed by atoms with Crippen LogP contribution in [0, 0.1) is 0 Å². The number of thioether (sulfide) groups is 2. The average Bonchev–Trinajstić information content (AvgIpc) is 3.04. The molecule has 4 nitrogen and oxygen atoms in total. The van der Waals surface area contributed by atoms with Crippen molar-refractivity contribution < 1.29 is 0 Å². The Morgan fingerprint density at radius 1 is 1.00 bits per heavy atom. The number of fused-ring (bicyclic) bond motifs is 1. The van der Waals surface area contributed by atoms with E-state index in [1.54, 1.807) is 23.5 Å². The van der Waals surface area contributed by atoms with Gasteiger partial charge in [-0.2, -0.15) is 9.78 Å². The van der Waals surface area contributed by atoms with Gasteiger partial charge in [-0.1, -0.05) is 67.2 Å². The molecule has 2 aromatic carbocycles. The minimum absolute atomic E-state index is 0.149. The number of aromatic nitrogens is 3. The Balaban J connectivity index is 1.76. The monoisotopic (exact) mass is 352 g/mol. The normalized spacial score (nSPS) is 16.5. The van der Waals surface area contributed by atoms with E-state index in [1.807, 2.05) is 16.8 Å². The predicted molar refractivity (Wildman–Crippen MR) is 99.7 cm³/mol. The Kier molecular flexibility index (Phi) is 4.40. The SMILES string of the molecule is CCc1nnc2n1N=C(c1ccccc1)C(Sc1ccccc1)S2. The van der Waals surface area contributed by atoms with E-state index >= 15 is 0 Å². The highest BCUT2D eigenvalue weighted by molar-refractivity contribution is 8.18. The van der Waals surface area contributed by atoms with Gasteiger partial charge in [-0.05, 0) is 17.7 Å². The molecule has 1 unspecified atom stereocenters. The van der Waals surface area contributed by atoms with E-state index in [4.69, 9.17) is 5.10 Å². The molecular formula is C18H16N4S2. The Morgan fingerprint density at radius 2 is 1.71 bits per heavy atom. The van der Waals surface area contributed by atoms with Gasteiger partial charge in [0.25, 0.3) is 0 Å². The molecule has 6 heteroatoms. The van der Waals surface area contributed by atoms with Crippen molar-refractivity contribution in [3.8, 4) is 0 Å². The van der Waals surface area contributed by atoms with E-state index in [-0.39, 0.29) is 4.58 Å². The van der Waals surface area contributed by atoms with Crippen LogP contribution < -0.4 is 0 Å². The molecule has 0 radical (unpaired) electrons. The molecule has 3 aromatic rings. The summed E-state index contributed by atoms with van der Waals surface area (Å²) in [5.74, 6) is 0.897. The second kappa shape index (κ2) is 6.83. The van der Waals surface area contributed by atoms with Gasteiger partial charge in [0.05, 0.1) is 5.71 Å². The molecule has 1 aliphatic rings. The average molecular weight is 352 g/mol. The second-order valence-corrected chi connectivity index (χ2v) is 7.85. The molecule has 0 amide bonds.